The molecule has 2 aromatic heterocycles. The van der Waals surface area contributed by atoms with E-state index >= 15 is 0 Å². The zero-order valence-corrected chi connectivity index (χ0v) is 19.6. The summed E-state index contributed by atoms with van der Waals surface area (Å²) < 4.78 is 34.2. The number of hydrogen-bond acceptors (Lipinski definition) is 7. The monoisotopic (exact) mass is 471 g/mol. The lowest BCUT2D eigenvalue weighted by molar-refractivity contribution is 0.0512. The number of anilines is 2. The lowest BCUT2D eigenvalue weighted by atomic mass is 10.1. The number of hydrogen-bond donors (Lipinski definition) is 2. The average Bonchev–Trinajstić information content (AvgIpc) is 3.04. The van der Waals surface area contributed by atoms with Crippen LogP contribution in [0.3, 0.4) is 0 Å². The lowest BCUT2D eigenvalue weighted by Gasteiger charge is -2.09. The third kappa shape index (κ3) is 5.03. The number of carbonyl (C=O) groups excluding carboxylic acids is 2. The molecule has 33 heavy (non-hydrogen) atoms. The van der Waals surface area contributed by atoms with Crippen LogP contribution in [0.5, 0.6) is 0 Å². The fourth-order valence-corrected chi connectivity index (χ4v) is 4.49. The van der Waals surface area contributed by atoms with Gasteiger partial charge >= 0.3 is 5.97 Å². The van der Waals surface area contributed by atoms with Crippen molar-refractivity contribution in [2.45, 2.75) is 39.1 Å². The van der Waals surface area contributed by atoms with Gasteiger partial charge < -0.3 is 14.6 Å². The van der Waals surface area contributed by atoms with Crippen molar-refractivity contribution in [3.8, 4) is 0 Å². The molecule has 0 aliphatic carbocycles. The number of esters is 1. The predicted octanol–water partition coefficient (Wildman–Crippen LogP) is 3.14. The zero-order chi connectivity index (χ0) is 24.2. The summed E-state index contributed by atoms with van der Waals surface area (Å²) in [7, 11) is -3.89. The molecule has 0 fully saturated rings. The number of ether oxygens (including phenoxy) is 1. The molecule has 11 heteroatoms. The molecular weight excluding hydrogens is 446 g/mol. The van der Waals surface area contributed by atoms with E-state index in [9.17, 15) is 18.0 Å². The second-order valence-electron chi connectivity index (χ2n) is 7.06. The Labute approximate surface area is 192 Å². The van der Waals surface area contributed by atoms with Crippen LogP contribution in [0.2, 0.25) is 0 Å². The second-order valence-corrected chi connectivity index (χ2v) is 8.74. The molecule has 3 aromatic rings. The fraction of sp³-hybridized carbons (Fsp3) is 0.273. The number of nitrogens with one attached hydrogen (secondary N) is 2. The Bertz CT molecular complexity index is 1270. The van der Waals surface area contributed by atoms with Gasteiger partial charge in [-0.3, -0.25) is 4.79 Å². The smallest absolute Gasteiger partial charge is 0.355 e. The molecule has 0 aliphatic heterocycles. The summed E-state index contributed by atoms with van der Waals surface area (Å²) in [6.07, 6.45) is 2.85. The molecular formula is C22H25N5O5S. The third-order valence-electron chi connectivity index (χ3n) is 4.99. The van der Waals surface area contributed by atoms with Crippen LogP contribution in [-0.4, -0.2) is 41.4 Å². The topological polar surface area (TPSA) is 132 Å². The molecule has 0 bridgehead atoms. The summed E-state index contributed by atoms with van der Waals surface area (Å²) in [5, 5.41) is 2.76. The van der Waals surface area contributed by atoms with E-state index in [0.717, 1.165) is 0 Å². The molecule has 0 unspecified atom stereocenters. The van der Waals surface area contributed by atoms with Crippen LogP contribution in [0.1, 0.15) is 46.0 Å². The third-order valence-corrected chi connectivity index (χ3v) is 6.34. The van der Waals surface area contributed by atoms with E-state index in [-0.39, 0.29) is 17.5 Å². The van der Waals surface area contributed by atoms with Crippen molar-refractivity contribution >= 4 is 33.5 Å². The highest BCUT2D eigenvalue weighted by atomic mass is 32.2. The summed E-state index contributed by atoms with van der Waals surface area (Å²) in [4.78, 5) is 33.1. The van der Waals surface area contributed by atoms with Gasteiger partial charge in [0, 0.05) is 30.3 Å². The van der Waals surface area contributed by atoms with Crippen LogP contribution in [0.4, 0.5) is 11.6 Å². The van der Waals surface area contributed by atoms with Gasteiger partial charge in [0.1, 0.15) is 5.69 Å². The molecule has 0 aliphatic rings. The largest absolute Gasteiger partial charge is 0.461 e. The maximum Gasteiger partial charge on any atom is 0.355 e. The highest BCUT2D eigenvalue weighted by molar-refractivity contribution is 7.92. The van der Waals surface area contributed by atoms with Crippen molar-refractivity contribution in [2.75, 3.05) is 16.6 Å². The molecule has 10 nitrogen and oxygen atoms in total. The number of sulfonamides is 1. The van der Waals surface area contributed by atoms with Gasteiger partial charge in [0.15, 0.2) is 0 Å². The van der Waals surface area contributed by atoms with Gasteiger partial charge in [-0.05, 0) is 63.6 Å². The van der Waals surface area contributed by atoms with E-state index in [2.05, 4.69) is 20.0 Å². The molecule has 3 rings (SSSR count). The van der Waals surface area contributed by atoms with Crippen molar-refractivity contribution in [3.05, 3.63) is 65.2 Å². The summed E-state index contributed by atoms with van der Waals surface area (Å²) in [5.74, 6) is -0.934. The summed E-state index contributed by atoms with van der Waals surface area (Å²) in [6.45, 7) is 7.80. The fourth-order valence-electron chi connectivity index (χ4n) is 3.53. The maximum atomic E-state index is 13.0. The number of amides is 1. The minimum absolute atomic E-state index is 0.0120. The van der Waals surface area contributed by atoms with Crippen molar-refractivity contribution in [1.29, 1.82) is 0 Å². The van der Waals surface area contributed by atoms with Crippen molar-refractivity contribution in [3.63, 3.8) is 0 Å². The molecule has 0 radical (unpaired) electrons. The summed E-state index contributed by atoms with van der Waals surface area (Å²) in [5.41, 5.74) is 2.28. The van der Waals surface area contributed by atoms with Crippen LogP contribution in [0, 0.1) is 13.8 Å². The van der Waals surface area contributed by atoms with E-state index in [1.165, 1.54) is 36.7 Å². The Morgan fingerprint density at radius 2 is 1.70 bits per heavy atom. The van der Waals surface area contributed by atoms with Crippen molar-refractivity contribution in [1.82, 2.24) is 14.5 Å². The minimum Gasteiger partial charge on any atom is -0.461 e. The van der Waals surface area contributed by atoms with E-state index in [4.69, 9.17) is 4.74 Å². The van der Waals surface area contributed by atoms with Crippen LogP contribution in [-0.2, 0) is 21.3 Å². The molecule has 1 aromatic carbocycles. The number of nitrogens with zero attached hydrogens (tertiary/aromatic N) is 3. The molecule has 0 saturated heterocycles. The first-order valence-electron chi connectivity index (χ1n) is 10.3. The molecule has 1 amide bonds. The first-order chi connectivity index (χ1) is 15.7. The minimum atomic E-state index is -3.89. The van der Waals surface area contributed by atoms with Gasteiger partial charge in [-0.25, -0.2) is 27.9 Å². The Morgan fingerprint density at radius 1 is 1.06 bits per heavy atom. The Hall–Kier alpha value is -3.73. The van der Waals surface area contributed by atoms with Gasteiger partial charge in [0.25, 0.3) is 15.9 Å². The van der Waals surface area contributed by atoms with Crippen molar-refractivity contribution < 1.29 is 22.7 Å². The van der Waals surface area contributed by atoms with Crippen molar-refractivity contribution in [2.24, 2.45) is 0 Å². The Balaban J connectivity index is 1.82. The van der Waals surface area contributed by atoms with Gasteiger partial charge in [-0.2, -0.15) is 0 Å². The molecule has 174 valence electrons. The van der Waals surface area contributed by atoms with Gasteiger partial charge in [-0.1, -0.05) is 0 Å². The molecule has 0 spiro atoms. The maximum absolute atomic E-state index is 13.0. The van der Waals surface area contributed by atoms with Crippen LogP contribution in [0.15, 0.2) is 47.6 Å². The van der Waals surface area contributed by atoms with E-state index in [0.29, 0.717) is 34.7 Å². The quantitative estimate of drug-likeness (QED) is 0.482. The summed E-state index contributed by atoms with van der Waals surface area (Å²) in [6, 6.07) is 7.25. The van der Waals surface area contributed by atoms with E-state index in [1.54, 1.807) is 31.4 Å². The summed E-state index contributed by atoms with van der Waals surface area (Å²) >= 11 is 0. The average molecular weight is 472 g/mol. The number of benzene rings is 1. The second kappa shape index (κ2) is 9.82. The van der Waals surface area contributed by atoms with Gasteiger partial charge in [0.2, 0.25) is 5.95 Å². The number of rotatable bonds is 8. The van der Waals surface area contributed by atoms with Crippen LogP contribution >= 0.6 is 0 Å². The molecule has 2 heterocycles. The molecule has 0 atom stereocenters. The zero-order valence-electron chi connectivity index (χ0n) is 18.7. The normalized spacial score (nSPS) is 11.2. The molecule has 2 N–H and O–H groups in total. The Morgan fingerprint density at radius 3 is 2.27 bits per heavy atom. The highest BCUT2D eigenvalue weighted by Crippen LogP contribution is 2.25. The van der Waals surface area contributed by atoms with Gasteiger partial charge in [-0.15, -0.1) is 0 Å². The predicted molar refractivity (Wildman–Crippen MR) is 123 cm³/mol. The standard InChI is InChI=1S/C22H25N5O5S/c1-5-27-15(4)18(14(3)19(27)21(29)32-6-2)20(28)25-16-8-10-17(11-9-16)33(30,31)26-22-23-12-7-13-24-22/h7-13H,5-6H2,1-4H3,(H,25,28)(H,23,24,26). The Kier molecular flexibility index (Phi) is 7.12. The van der Waals surface area contributed by atoms with E-state index in [1.807, 2.05) is 6.92 Å². The first-order valence-corrected chi connectivity index (χ1v) is 11.8. The van der Waals surface area contributed by atoms with Crippen LogP contribution in [0.25, 0.3) is 0 Å². The van der Waals surface area contributed by atoms with E-state index < -0.39 is 21.9 Å². The van der Waals surface area contributed by atoms with Gasteiger partial charge in [0.05, 0.1) is 17.1 Å². The SMILES string of the molecule is CCOC(=O)c1c(C)c(C(=O)Nc2ccc(S(=O)(=O)Nc3ncccn3)cc2)c(C)n1CC. The lowest BCUT2D eigenvalue weighted by Crippen LogP contribution is -2.16. The van der Waals surface area contributed by atoms with Crippen LogP contribution < -0.4 is 10.0 Å². The number of carbonyl (C=O) groups is 2. The first kappa shape index (κ1) is 23.9. The number of aromatic nitrogens is 3. The highest BCUT2D eigenvalue weighted by Gasteiger charge is 2.26. The molecule has 0 saturated carbocycles.